The van der Waals surface area contributed by atoms with Crippen LogP contribution in [0, 0.1) is 0 Å². The molecule has 2 atom stereocenters. The highest BCUT2D eigenvalue weighted by molar-refractivity contribution is 4.95. The average Bonchev–Trinajstić information content (AvgIpc) is 2.12. The quantitative estimate of drug-likeness (QED) is 0.577. The van der Waals surface area contributed by atoms with Crippen LogP contribution in [0.15, 0.2) is 0 Å². The first kappa shape index (κ1) is 8.48. The van der Waals surface area contributed by atoms with Gasteiger partial charge in [-0.2, -0.15) is 0 Å². The smallest absolute Gasteiger partial charge is 0.106 e. The van der Waals surface area contributed by atoms with Crippen LogP contribution in [0.2, 0.25) is 0 Å². The van der Waals surface area contributed by atoms with Gasteiger partial charge in [-0.3, -0.25) is 0 Å². The largest absolute Gasteiger partial charge is 0.378 e. The molecular formula is C9H17NO2. The molecule has 0 amide bonds. The number of morpholine rings is 1. The molecule has 2 unspecified atom stereocenters. The number of ether oxygens (including phenoxy) is 2. The molecule has 2 heterocycles. The van der Waals surface area contributed by atoms with Gasteiger partial charge in [0.1, 0.15) is 5.60 Å². The summed E-state index contributed by atoms with van der Waals surface area (Å²) in [7, 11) is 0. The summed E-state index contributed by atoms with van der Waals surface area (Å²) in [4.78, 5) is 0. The molecular weight excluding hydrogens is 154 g/mol. The first-order chi connectivity index (χ1) is 5.83. The van der Waals surface area contributed by atoms with E-state index in [1.165, 1.54) is 0 Å². The van der Waals surface area contributed by atoms with E-state index in [9.17, 15) is 0 Å². The Balaban J connectivity index is 2.04. The number of rotatable bonds is 0. The Morgan fingerprint density at radius 1 is 1.42 bits per heavy atom. The third kappa shape index (κ3) is 1.37. The van der Waals surface area contributed by atoms with Gasteiger partial charge < -0.3 is 14.8 Å². The minimum atomic E-state index is -0.0174. The highest BCUT2D eigenvalue weighted by atomic mass is 16.5. The Kier molecular flexibility index (Phi) is 2.35. The Bertz CT molecular complexity index is 146. The molecule has 2 aliphatic rings. The highest BCUT2D eigenvalue weighted by Crippen LogP contribution is 2.28. The lowest BCUT2D eigenvalue weighted by Crippen LogP contribution is -2.60. The van der Waals surface area contributed by atoms with Gasteiger partial charge in [0.15, 0.2) is 0 Å². The van der Waals surface area contributed by atoms with Crippen molar-refractivity contribution in [2.45, 2.75) is 31.4 Å². The molecule has 0 bridgehead atoms. The molecule has 0 radical (unpaired) electrons. The van der Waals surface area contributed by atoms with E-state index in [1.54, 1.807) is 0 Å². The zero-order chi connectivity index (χ0) is 8.44. The van der Waals surface area contributed by atoms with Gasteiger partial charge in [-0.25, -0.2) is 0 Å². The van der Waals surface area contributed by atoms with Crippen molar-refractivity contribution in [3.63, 3.8) is 0 Å². The van der Waals surface area contributed by atoms with E-state index in [0.29, 0.717) is 6.04 Å². The van der Waals surface area contributed by atoms with E-state index in [1.807, 2.05) is 0 Å². The minimum Gasteiger partial charge on any atom is -0.378 e. The zero-order valence-corrected chi connectivity index (χ0v) is 7.64. The van der Waals surface area contributed by atoms with Gasteiger partial charge in [0.2, 0.25) is 0 Å². The van der Waals surface area contributed by atoms with Crippen LogP contribution in [0.3, 0.4) is 0 Å². The lowest BCUT2D eigenvalue weighted by Gasteiger charge is -2.45. The highest BCUT2D eigenvalue weighted by Gasteiger charge is 2.41. The van der Waals surface area contributed by atoms with Crippen molar-refractivity contribution in [3.05, 3.63) is 0 Å². The molecule has 2 saturated heterocycles. The molecule has 70 valence electrons. The Morgan fingerprint density at radius 3 is 3.00 bits per heavy atom. The van der Waals surface area contributed by atoms with Gasteiger partial charge in [-0.15, -0.1) is 0 Å². The van der Waals surface area contributed by atoms with E-state index >= 15 is 0 Å². The van der Waals surface area contributed by atoms with E-state index in [4.69, 9.17) is 9.47 Å². The molecule has 0 saturated carbocycles. The van der Waals surface area contributed by atoms with E-state index in [0.717, 1.165) is 39.2 Å². The summed E-state index contributed by atoms with van der Waals surface area (Å²) >= 11 is 0. The Morgan fingerprint density at radius 2 is 2.33 bits per heavy atom. The fraction of sp³-hybridized carbons (Fsp3) is 1.00. The molecule has 0 aromatic carbocycles. The number of hydrogen-bond donors (Lipinski definition) is 1. The van der Waals surface area contributed by atoms with Crippen LogP contribution in [0.25, 0.3) is 0 Å². The van der Waals surface area contributed by atoms with Crippen LogP contribution in [-0.4, -0.2) is 38.0 Å². The maximum Gasteiger partial charge on any atom is 0.106 e. The average molecular weight is 171 g/mol. The van der Waals surface area contributed by atoms with Gasteiger partial charge in [-0.05, 0) is 19.8 Å². The second kappa shape index (κ2) is 3.32. The summed E-state index contributed by atoms with van der Waals surface area (Å²) in [5.41, 5.74) is -0.0174. The second-order valence-electron chi connectivity index (χ2n) is 3.75. The topological polar surface area (TPSA) is 30.5 Å². The fourth-order valence-electron chi connectivity index (χ4n) is 2.09. The summed E-state index contributed by atoms with van der Waals surface area (Å²) in [5, 5.41) is 3.44. The van der Waals surface area contributed by atoms with Crippen molar-refractivity contribution in [2.24, 2.45) is 0 Å². The fourth-order valence-corrected chi connectivity index (χ4v) is 2.09. The van der Waals surface area contributed by atoms with Gasteiger partial charge in [0, 0.05) is 19.2 Å². The van der Waals surface area contributed by atoms with Crippen LogP contribution < -0.4 is 5.32 Å². The van der Waals surface area contributed by atoms with Crippen molar-refractivity contribution in [1.29, 1.82) is 0 Å². The molecule has 1 N–H and O–H groups in total. The molecule has 3 heteroatoms. The van der Waals surface area contributed by atoms with Crippen molar-refractivity contribution >= 4 is 0 Å². The van der Waals surface area contributed by atoms with Crippen LogP contribution in [0.5, 0.6) is 0 Å². The minimum absolute atomic E-state index is 0.0174. The van der Waals surface area contributed by atoms with E-state index in [2.05, 4.69) is 12.2 Å². The van der Waals surface area contributed by atoms with Crippen LogP contribution in [0.4, 0.5) is 0 Å². The van der Waals surface area contributed by atoms with E-state index in [-0.39, 0.29) is 5.60 Å². The van der Waals surface area contributed by atoms with Gasteiger partial charge in [0.25, 0.3) is 0 Å². The molecule has 0 aromatic heterocycles. The summed E-state index contributed by atoms with van der Waals surface area (Å²) in [6, 6.07) is 0.437. The first-order valence-electron chi connectivity index (χ1n) is 4.79. The lowest BCUT2D eigenvalue weighted by atomic mass is 9.88. The first-order valence-corrected chi connectivity index (χ1v) is 4.79. The molecule has 1 spiro atoms. The molecule has 0 aliphatic carbocycles. The summed E-state index contributed by atoms with van der Waals surface area (Å²) in [5.74, 6) is 0. The van der Waals surface area contributed by atoms with Crippen molar-refractivity contribution < 1.29 is 9.47 Å². The SMILES string of the molecule is CC1NCCOC12CCCOC2. The standard InChI is InChI=1S/C9H17NO2/c1-8-9(12-6-4-10-8)3-2-5-11-7-9/h8,10H,2-7H2,1H3. The van der Waals surface area contributed by atoms with Gasteiger partial charge >= 0.3 is 0 Å². The van der Waals surface area contributed by atoms with Crippen molar-refractivity contribution in [2.75, 3.05) is 26.4 Å². The molecule has 2 rings (SSSR count). The Labute approximate surface area is 73.4 Å². The summed E-state index contributed by atoms with van der Waals surface area (Å²) in [6.07, 6.45) is 2.27. The predicted molar refractivity (Wildman–Crippen MR) is 46.2 cm³/mol. The molecule has 0 aromatic rings. The third-order valence-corrected chi connectivity index (χ3v) is 2.97. The predicted octanol–water partition coefficient (Wildman–Crippen LogP) is 0.544. The molecule has 12 heavy (non-hydrogen) atoms. The molecule has 2 fully saturated rings. The summed E-state index contributed by atoms with van der Waals surface area (Å²) in [6.45, 7) is 5.66. The maximum atomic E-state index is 5.83. The normalized spacial score (nSPS) is 43.2. The van der Waals surface area contributed by atoms with Crippen LogP contribution in [-0.2, 0) is 9.47 Å². The second-order valence-corrected chi connectivity index (χ2v) is 3.75. The summed E-state index contributed by atoms with van der Waals surface area (Å²) < 4.78 is 11.3. The zero-order valence-electron chi connectivity index (χ0n) is 7.64. The molecule has 3 nitrogen and oxygen atoms in total. The van der Waals surface area contributed by atoms with Gasteiger partial charge in [-0.1, -0.05) is 0 Å². The lowest BCUT2D eigenvalue weighted by molar-refractivity contribution is -0.160. The maximum absolute atomic E-state index is 5.83. The Hall–Kier alpha value is -0.120. The van der Waals surface area contributed by atoms with Crippen molar-refractivity contribution in [1.82, 2.24) is 5.32 Å². The van der Waals surface area contributed by atoms with E-state index < -0.39 is 0 Å². The number of hydrogen-bond acceptors (Lipinski definition) is 3. The van der Waals surface area contributed by atoms with Gasteiger partial charge in [0.05, 0.1) is 13.2 Å². The monoisotopic (exact) mass is 171 g/mol. The third-order valence-electron chi connectivity index (χ3n) is 2.97. The molecule has 2 aliphatic heterocycles. The van der Waals surface area contributed by atoms with Crippen LogP contribution in [0.1, 0.15) is 19.8 Å². The number of nitrogens with one attached hydrogen (secondary N) is 1. The van der Waals surface area contributed by atoms with Crippen molar-refractivity contribution in [3.8, 4) is 0 Å². The van der Waals surface area contributed by atoms with Crippen LogP contribution >= 0.6 is 0 Å².